The molecule has 0 aromatic heterocycles. The Bertz CT molecular complexity index is 801. The predicted octanol–water partition coefficient (Wildman–Crippen LogP) is 3.56. The summed E-state index contributed by atoms with van der Waals surface area (Å²) in [5.74, 6) is -0.241. The van der Waals surface area contributed by atoms with Gasteiger partial charge in [0, 0.05) is 15.0 Å². The highest BCUT2D eigenvalue weighted by atomic mass is 127. The molecule has 2 aromatic rings. The quantitative estimate of drug-likeness (QED) is 0.648. The fraction of sp³-hybridized carbons (Fsp3) is 0.111. The fourth-order valence-electron chi connectivity index (χ4n) is 2.62. The third kappa shape index (κ3) is 3.59. The lowest BCUT2D eigenvalue weighted by molar-refractivity contribution is -0.113. The van der Waals surface area contributed by atoms with E-state index in [4.69, 9.17) is 0 Å². The van der Waals surface area contributed by atoms with Crippen LogP contribution in [0.3, 0.4) is 0 Å². The molecule has 2 aromatic carbocycles. The van der Waals surface area contributed by atoms with Crippen molar-refractivity contribution in [1.29, 1.82) is 0 Å². The minimum absolute atomic E-state index is 0.241. The number of amides is 3. The summed E-state index contributed by atoms with van der Waals surface area (Å²) in [5, 5.41) is 8.38. The number of allylic oxidation sites excluding steroid dienone is 1. The summed E-state index contributed by atoms with van der Waals surface area (Å²) >= 11 is 2.22. The number of carbonyl (C=O) groups excluding carboxylic acids is 2. The van der Waals surface area contributed by atoms with Crippen LogP contribution in [-0.4, -0.2) is 11.9 Å². The minimum Gasteiger partial charge on any atom is -0.327 e. The molecule has 6 heteroatoms. The van der Waals surface area contributed by atoms with E-state index in [1.54, 1.807) is 6.92 Å². The van der Waals surface area contributed by atoms with Crippen molar-refractivity contribution in [2.75, 3.05) is 5.32 Å². The second-order valence-electron chi connectivity index (χ2n) is 5.44. The molecule has 0 bridgehead atoms. The van der Waals surface area contributed by atoms with Gasteiger partial charge in [0.1, 0.15) is 0 Å². The normalized spacial score (nSPS) is 17.1. The molecule has 24 heavy (non-hydrogen) atoms. The zero-order valence-electron chi connectivity index (χ0n) is 13.0. The van der Waals surface area contributed by atoms with E-state index >= 15 is 0 Å². The van der Waals surface area contributed by atoms with Crippen LogP contribution in [0, 0.1) is 3.57 Å². The van der Waals surface area contributed by atoms with Crippen molar-refractivity contribution in [3.8, 4) is 0 Å². The van der Waals surface area contributed by atoms with Crippen LogP contribution in [0.1, 0.15) is 18.5 Å². The second kappa shape index (κ2) is 7.04. The van der Waals surface area contributed by atoms with E-state index in [-0.39, 0.29) is 11.9 Å². The van der Waals surface area contributed by atoms with Gasteiger partial charge in [-0.2, -0.15) is 0 Å². The zero-order chi connectivity index (χ0) is 17.1. The van der Waals surface area contributed by atoms with E-state index in [0.717, 1.165) is 9.13 Å². The van der Waals surface area contributed by atoms with Crippen molar-refractivity contribution in [3.63, 3.8) is 0 Å². The van der Waals surface area contributed by atoms with Gasteiger partial charge in [0.2, 0.25) is 0 Å². The van der Waals surface area contributed by atoms with Gasteiger partial charge in [0.05, 0.1) is 11.6 Å². The van der Waals surface area contributed by atoms with Gasteiger partial charge in [-0.25, -0.2) is 4.79 Å². The Morgan fingerprint density at radius 1 is 1.08 bits per heavy atom. The van der Waals surface area contributed by atoms with E-state index < -0.39 is 6.04 Å². The summed E-state index contributed by atoms with van der Waals surface area (Å²) in [6, 6.07) is 16.2. The van der Waals surface area contributed by atoms with Gasteiger partial charge in [-0.05, 0) is 59.3 Å². The van der Waals surface area contributed by atoms with E-state index in [9.17, 15) is 9.59 Å². The molecule has 0 fully saturated rings. The molecule has 1 atom stereocenters. The molecule has 0 saturated heterocycles. The SMILES string of the molecule is CC1=C(C(=O)Nc2ccccc2)[C@H](c2ccc(I)cc2)NC(=O)N1. The summed E-state index contributed by atoms with van der Waals surface area (Å²) in [6.07, 6.45) is 0. The Hall–Kier alpha value is -2.35. The highest BCUT2D eigenvalue weighted by molar-refractivity contribution is 14.1. The molecule has 0 unspecified atom stereocenters. The standard InChI is InChI=1S/C18H16IN3O2/c1-11-15(17(23)21-14-5-3-2-4-6-14)16(22-18(24)20-11)12-7-9-13(19)10-8-12/h2-10,16H,1H3,(H,21,23)(H2,20,22,24)/t16-/m0/s1. The zero-order valence-corrected chi connectivity index (χ0v) is 15.1. The highest BCUT2D eigenvalue weighted by Crippen LogP contribution is 2.28. The largest absolute Gasteiger partial charge is 0.327 e. The summed E-state index contributed by atoms with van der Waals surface area (Å²) < 4.78 is 1.09. The van der Waals surface area contributed by atoms with E-state index in [2.05, 4.69) is 38.5 Å². The average Bonchev–Trinajstić information content (AvgIpc) is 2.55. The number of hydrogen-bond acceptors (Lipinski definition) is 2. The molecule has 0 saturated carbocycles. The molecule has 1 aliphatic rings. The number of rotatable bonds is 3. The first kappa shape index (κ1) is 16.5. The summed E-state index contributed by atoms with van der Waals surface area (Å²) in [7, 11) is 0. The fourth-order valence-corrected chi connectivity index (χ4v) is 2.98. The molecular formula is C18H16IN3O2. The maximum absolute atomic E-state index is 12.8. The molecule has 5 nitrogen and oxygen atoms in total. The minimum atomic E-state index is -0.487. The predicted molar refractivity (Wildman–Crippen MR) is 101 cm³/mol. The van der Waals surface area contributed by atoms with E-state index in [1.807, 2.05) is 54.6 Å². The van der Waals surface area contributed by atoms with Crippen LogP contribution in [0.5, 0.6) is 0 Å². The van der Waals surface area contributed by atoms with E-state index in [1.165, 1.54) is 0 Å². The van der Waals surface area contributed by atoms with Crippen LogP contribution in [0.2, 0.25) is 0 Å². The summed E-state index contributed by atoms with van der Waals surface area (Å²) in [6.45, 7) is 1.73. The van der Waals surface area contributed by atoms with Crippen LogP contribution < -0.4 is 16.0 Å². The Kier molecular flexibility index (Phi) is 4.84. The third-order valence-electron chi connectivity index (χ3n) is 3.75. The lowest BCUT2D eigenvalue weighted by atomic mass is 9.95. The number of carbonyl (C=O) groups is 2. The number of anilines is 1. The van der Waals surface area contributed by atoms with Gasteiger partial charge in [-0.1, -0.05) is 30.3 Å². The molecule has 0 spiro atoms. The topological polar surface area (TPSA) is 70.2 Å². The molecule has 0 aliphatic carbocycles. The van der Waals surface area contributed by atoms with Crippen molar-refractivity contribution in [3.05, 3.63) is 75.0 Å². The van der Waals surface area contributed by atoms with Crippen molar-refractivity contribution in [2.24, 2.45) is 0 Å². The van der Waals surface area contributed by atoms with E-state index in [0.29, 0.717) is 17.0 Å². The van der Waals surface area contributed by atoms with Crippen molar-refractivity contribution < 1.29 is 9.59 Å². The van der Waals surface area contributed by atoms with Gasteiger partial charge in [0.15, 0.2) is 0 Å². The van der Waals surface area contributed by atoms with Crippen molar-refractivity contribution in [2.45, 2.75) is 13.0 Å². The maximum atomic E-state index is 12.8. The number of hydrogen-bond donors (Lipinski definition) is 3. The maximum Gasteiger partial charge on any atom is 0.319 e. The summed E-state index contributed by atoms with van der Waals surface area (Å²) in [4.78, 5) is 24.6. The monoisotopic (exact) mass is 433 g/mol. The van der Waals surface area contributed by atoms with Crippen LogP contribution in [-0.2, 0) is 4.79 Å². The molecule has 122 valence electrons. The van der Waals surface area contributed by atoms with Gasteiger partial charge in [0.25, 0.3) is 5.91 Å². The molecule has 0 radical (unpaired) electrons. The Morgan fingerprint density at radius 3 is 2.42 bits per heavy atom. The molecule has 3 rings (SSSR count). The lowest BCUT2D eigenvalue weighted by Gasteiger charge is -2.28. The van der Waals surface area contributed by atoms with Gasteiger partial charge in [-0.15, -0.1) is 0 Å². The Labute approximate surface area is 153 Å². The van der Waals surface area contributed by atoms with Crippen LogP contribution in [0.25, 0.3) is 0 Å². The first-order valence-corrected chi connectivity index (χ1v) is 8.52. The number of nitrogens with one attached hydrogen (secondary N) is 3. The first-order valence-electron chi connectivity index (χ1n) is 7.45. The summed E-state index contributed by atoms with van der Waals surface area (Å²) in [5.41, 5.74) is 2.62. The number of urea groups is 1. The Balaban J connectivity index is 1.94. The smallest absolute Gasteiger partial charge is 0.319 e. The van der Waals surface area contributed by atoms with Crippen LogP contribution in [0.15, 0.2) is 65.9 Å². The molecule has 1 heterocycles. The number of benzene rings is 2. The Morgan fingerprint density at radius 2 is 1.75 bits per heavy atom. The third-order valence-corrected chi connectivity index (χ3v) is 4.47. The number of para-hydroxylation sites is 1. The number of halogens is 1. The first-order chi connectivity index (χ1) is 11.5. The van der Waals surface area contributed by atoms with Gasteiger partial charge in [-0.3, -0.25) is 4.79 Å². The highest BCUT2D eigenvalue weighted by Gasteiger charge is 2.31. The van der Waals surface area contributed by atoms with Crippen LogP contribution in [0.4, 0.5) is 10.5 Å². The van der Waals surface area contributed by atoms with Gasteiger partial charge >= 0.3 is 6.03 Å². The van der Waals surface area contributed by atoms with Gasteiger partial charge < -0.3 is 16.0 Å². The van der Waals surface area contributed by atoms with Crippen molar-refractivity contribution in [1.82, 2.24) is 10.6 Å². The molecule has 3 N–H and O–H groups in total. The van der Waals surface area contributed by atoms with Crippen LogP contribution >= 0.6 is 22.6 Å². The average molecular weight is 433 g/mol. The molecular weight excluding hydrogens is 417 g/mol. The second-order valence-corrected chi connectivity index (χ2v) is 6.69. The molecule has 3 amide bonds. The lowest BCUT2D eigenvalue weighted by Crippen LogP contribution is -2.45. The molecule has 1 aliphatic heterocycles. The van der Waals surface area contributed by atoms with Crippen molar-refractivity contribution >= 4 is 40.2 Å².